The molecule has 0 saturated carbocycles. The number of nitrogens with two attached hydrogens (primary N) is 1. The van der Waals surface area contributed by atoms with Crippen LogP contribution in [0.3, 0.4) is 0 Å². The normalized spacial score (nSPS) is 16.5. The van der Waals surface area contributed by atoms with Gasteiger partial charge in [0, 0.05) is 17.1 Å². The Labute approximate surface area is 204 Å². The van der Waals surface area contributed by atoms with Crippen LogP contribution >= 0.6 is 0 Å². The van der Waals surface area contributed by atoms with E-state index >= 15 is 0 Å². The van der Waals surface area contributed by atoms with E-state index in [2.05, 4.69) is 17.4 Å². The molecule has 1 aliphatic rings. The van der Waals surface area contributed by atoms with E-state index in [1.54, 1.807) is 13.4 Å². The molecule has 0 radical (unpaired) electrons. The Morgan fingerprint density at radius 1 is 0.914 bits per heavy atom. The summed E-state index contributed by atoms with van der Waals surface area (Å²) in [5.41, 5.74) is 10.3. The van der Waals surface area contributed by atoms with E-state index in [9.17, 15) is 0 Å². The number of hydrogen-bond donors (Lipinski definition) is 2. The summed E-state index contributed by atoms with van der Waals surface area (Å²) in [6.45, 7) is 2.61. The molecule has 1 unspecified atom stereocenters. The van der Waals surface area contributed by atoms with Crippen molar-refractivity contribution in [2.45, 2.75) is 19.3 Å². The van der Waals surface area contributed by atoms with Crippen molar-refractivity contribution in [3.05, 3.63) is 108 Å². The van der Waals surface area contributed by atoms with Gasteiger partial charge in [0.25, 0.3) is 0 Å². The van der Waals surface area contributed by atoms with Crippen molar-refractivity contribution < 1.29 is 9.47 Å². The van der Waals surface area contributed by atoms with Gasteiger partial charge in [0.05, 0.1) is 25.6 Å². The van der Waals surface area contributed by atoms with Gasteiger partial charge in [-0.1, -0.05) is 36.4 Å². The average Bonchev–Trinajstić information content (AvgIpc) is 2.87. The molecule has 3 aromatic carbocycles. The molecule has 2 heterocycles. The van der Waals surface area contributed by atoms with Crippen LogP contribution in [-0.4, -0.2) is 18.4 Å². The first-order valence-corrected chi connectivity index (χ1v) is 11.4. The molecule has 35 heavy (non-hydrogen) atoms. The number of fused-ring (bicyclic) bond motifs is 1. The number of pyridine rings is 1. The predicted molar refractivity (Wildman–Crippen MR) is 140 cm³/mol. The summed E-state index contributed by atoms with van der Waals surface area (Å²) < 4.78 is 11.9. The van der Waals surface area contributed by atoms with Crippen molar-refractivity contribution in [1.82, 2.24) is 4.98 Å². The van der Waals surface area contributed by atoms with Gasteiger partial charge < -0.3 is 25.4 Å². The lowest BCUT2D eigenvalue weighted by Crippen LogP contribution is -2.45. The monoisotopic (exact) mass is 465 g/mol. The Bertz CT molecular complexity index is 1340. The second kappa shape index (κ2) is 9.38. The molecule has 0 saturated heterocycles. The fourth-order valence-electron chi connectivity index (χ4n) is 4.03. The number of nitrogen functional groups attached to an aromatic ring is 1. The van der Waals surface area contributed by atoms with Gasteiger partial charge in [-0.05, 0) is 67.1 Å². The number of ether oxygens (including phenoxy) is 2. The summed E-state index contributed by atoms with van der Waals surface area (Å²) in [6, 6.07) is 29.1. The highest BCUT2D eigenvalue weighted by Crippen LogP contribution is 2.39. The lowest BCUT2D eigenvalue weighted by Gasteiger charge is -2.38. The third-order valence-corrected chi connectivity index (χ3v) is 5.75. The maximum absolute atomic E-state index is 6.58. The van der Waals surface area contributed by atoms with Gasteiger partial charge >= 0.3 is 5.85 Å². The molecule has 0 fully saturated rings. The molecular formula is C28H27N5O2. The topological polar surface area (TPSA) is 85.0 Å². The number of aryl methyl sites for hydroxylation is 1. The molecule has 7 heteroatoms. The molecule has 1 aromatic heterocycles. The molecule has 176 valence electrons. The van der Waals surface area contributed by atoms with Crippen molar-refractivity contribution in [1.29, 1.82) is 0 Å². The third kappa shape index (κ3) is 4.75. The lowest BCUT2D eigenvalue weighted by molar-refractivity contribution is 0.106. The number of rotatable bonds is 7. The number of benzene rings is 3. The van der Waals surface area contributed by atoms with Crippen molar-refractivity contribution in [2.24, 2.45) is 4.99 Å². The minimum atomic E-state index is -1.26. The van der Waals surface area contributed by atoms with Gasteiger partial charge in [0.1, 0.15) is 17.3 Å². The van der Waals surface area contributed by atoms with E-state index in [0.717, 1.165) is 34.1 Å². The van der Waals surface area contributed by atoms with Gasteiger partial charge in [-0.3, -0.25) is 0 Å². The standard InChI is InChI=1S/C28H27N5O2/c1-20-11-16-26-27(31-20)33(18-21-7-4-3-5-8-21)19-30-28(26,32-23-10-6-9-22(29)17-23)35-25-14-12-24(34-2)13-15-25/h3-17,19,32H,18,29H2,1-2H3. The van der Waals surface area contributed by atoms with Crippen LogP contribution in [0.2, 0.25) is 0 Å². The maximum Gasteiger partial charge on any atom is 0.311 e. The molecule has 7 nitrogen and oxygen atoms in total. The fraction of sp³-hybridized carbons (Fsp3) is 0.143. The number of nitrogens with one attached hydrogen (secondary N) is 1. The molecule has 1 aliphatic heterocycles. The number of aliphatic imine (C=N–C) groups is 1. The largest absolute Gasteiger partial charge is 0.497 e. The van der Waals surface area contributed by atoms with E-state index in [4.69, 9.17) is 25.2 Å². The molecule has 0 amide bonds. The quantitative estimate of drug-likeness (QED) is 0.283. The molecular weight excluding hydrogens is 438 g/mol. The highest BCUT2D eigenvalue weighted by molar-refractivity contribution is 5.83. The fourth-order valence-corrected chi connectivity index (χ4v) is 4.03. The third-order valence-electron chi connectivity index (χ3n) is 5.75. The number of anilines is 3. The Morgan fingerprint density at radius 3 is 2.43 bits per heavy atom. The minimum Gasteiger partial charge on any atom is -0.497 e. The van der Waals surface area contributed by atoms with Crippen molar-refractivity contribution in [3.63, 3.8) is 0 Å². The van der Waals surface area contributed by atoms with E-state index in [1.165, 1.54) is 0 Å². The van der Waals surface area contributed by atoms with E-state index in [-0.39, 0.29) is 0 Å². The number of methoxy groups -OCH3 is 1. The van der Waals surface area contributed by atoms with Crippen molar-refractivity contribution in [3.8, 4) is 11.5 Å². The molecule has 0 bridgehead atoms. The van der Waals surface area contributed by atoms with Crippen LogP contribution in [0.25, 0.3) is 0 Å². The van der Waals surface area contributed by atoms with Crippen molar-refractivity contribution >= 4 is 23.5 Å². The molecule has 0 spiro atoms. The summed E-state index contributed by atoms with van der Waals surface area (Å²) in [6.07, 6.45) is 1.78. The van der Waals surface area contributed by atoms with Gasteiger partial charge in [0.2, 0.25) is 0 Å². The van der Waals surface area contributed by atoms with Gasteiger partial charge in [0.15, 0.2) is 0 Å². The Balaban J connectivity index is 1.60. The first kappa shape index (κ1) is 22.3. The Kier molecular flexibility index (Phi) is 5.97. The second-order valence-electron chi connectivity index (χ2n) is 8.35. The first-order valence-electron chi connectivity index (χ1n) is 11.4. The molecule has 4 aromatic rings. The second-order valence-corrected chi connectivity index (χ2v) is 8.35. The van der Waals surface area contributed by atoms with E-state index < -0.39 is 5.85 Å². The summed E-state index contributed by atoms with van der Waals surface area (Å²) in [5, 5.41) is 3.47. The Hall–Kier alpha value is -4.52. The zero-order chi connectivity index (χ0) is 24.3. The molecule has 1 atom stereocenters. The zero-order valence-corrected chi connectivity index (χ0v) is 19.7. The van der Waals surface area contributed by atoms with Crippen LogP contribution in [-0.2, 0) is 12.4 Å². The minimum absolute atomic E-state index is 0.627. The average molecular weight is 466 g/mol. The van der Waals surface area contributed by atoms with Crippen LogP contribution in [0.4, 0.5) is 17.2 Å². The molecule has 3 N–H and O–H groups in total. The summed E-state index contributed by atoms with van der Waals surface area (Å²) in [4.78, 5) is 11.8. The lowest BCUT2D eigenvalue weighted by atomic mass is 10.1. The summed E-state index contributed by atoms with van der Waals surface area (Å²) in [5.74, 6) is 0.885. The van der Waals surface area contributed by atoms with E-state index in [1.807, 2.05) is 90.7 Å². The van der Waals surface area contributed by atoms with Crippen LogP contribution in [0.1, 0.15) is 16.8 Å². The molecule has 5 rings (SSSR count). The van der Waals surface area contributed by atoms with Gasteiger partial charge in [-0.15, -0.1) is 0 Å². The highest BCUT2D eigenvalue weighted by atomic mass is 16.5. The SMILES string of the molecule is COc1ccc(OC2(Nc3cccc(N)c3)N=CN(Cc3ccccc3)c3nc(C)ccc32)cc1. The summed E-state index contributed by atoms with van der Waals surface area (Å²) in [7, 11) is 1.63. The van der Waals surface area contributed by atoms with Crippen LogP contribution in [0.15, 0.2) is 96.0 Å². The molecule has 0 aliphatic carbocycles. The predicted octanol–water partition coefficient (Wildman–Crippen LogP) is 5.33. The Morgan fingerprint density at radius 2 is 1.69 bits per heavy atom. The number of aromatic nitrogens is 1. The van der Waals surface area contributed by atoms with Gasteiger partial charge in [-0.25, -0.2) is 9.98 Å². The zero-order valence-electron chi connectivity index (χ0n) is 19.7. The van der Waals surface area contributed by atoms with E-state index in [0.29, 0.717) is 18.0 Å². The maximum atomic E-state index is 6.58. The van der Waals surface area contributed by atoms with Crippen LogP contribution < -0.4 is 25.4 Å². The van der Waals surface area contributed by atoms with Crippen molar-refractivity contribution in [2.75, 3.05) is 23.1 Å². The smallest absolute Gasteiger partial charge is 0.311 e. The number of nitrogens with zero attached hydrogens (tertiary/aromatic N) is 3. The summed E-state index contributed by atoms with van der Waals surface area (Å²) >= 11 is 0. The van der Waals surface area contributed by atoms with Crippen LogP contribution in [0.5, 0.6) is 11.5 Å². The first-order chi connectivity index (χ1) is 17.0. The number of hydrogen-bond acceptors (Lipinski definition) is 7. The van der Waals surface area contributed by atoms with Crippen LogP contribution in [0, 0.1) is 6.92 Å². The van der Waals surface area contributed by atoms with Gasteiger partial charge in [-0.2, -0.15) is 0 Å². The highest BCUT2D eigenvalue weighted by Gasteiger charge is 2.41.